The predicted octanol–water partition coefficient (Wildman–Crippen LogP) is 2.23. The molecule has 2 fully saturated rings. The second-order valence-corrected chi connectivity index (χ2v) is 9.45. The van der Waals surface area contributed by atoms with Crippen molar-refractivity contribution < 1.29 is 4.79 Å². The van der Waals surface area contributed by atoms with Crippen molar-refractivity contribution in [2.45, 2.75) is 51.7 Å². The monoisotopic (exact) mass is 371 g/mol. The van der Waals surface area contributed by atoms with Crippen LogP contribution in [0.15, 0.2) is 12.1 Å². The lowest BCUT2D eigenvalue weighted by atomic mass is 9.89. The van der Waals surface area contributed by atoms with Gasteiger partial charge in [-0.1, -0.05) is 0 Å². The van der Waals surface area contributed by atoms with Crippen LogP contribution in [0.5, 0.6) is 0 Å². The van der Waals surface area contributed by atoms with Crippen molar-refractivity contribution in [2.75, 3.05) is 13.1 Å². The van der Waals surface area contributed by atoms with Gasteiger partial charge in [-0.2, -0.15) is 0 Å². The minimum absolute atomic E-state index is 0.0455. The van der Waals surface area contributed by atoms with Gasteiger partial charge in [0.2, 0.25) is 5.82 Å². The third-order valence-electron chi connectivity index (χ3n) is 6.16. The van der Waals surface area contributed by atoms with Crippen molar-refractivity contribution in [3.05, 3.63) is 33.5 Å². The quantitative estimate of drug-likeness (QED) is 0.895. The summed E-state index contributed by atoms with van der Waals surface area (Å²) in [5.74, 6) is 2.68. The van der Waals surface area contributed by atoms with Gasteiger partial charge in [0.1, 0.15) is 5.82 Å². The van der Waals surface area contributed by atoms with Crippen LogP contribution in [0.25, 0.3) is 0 Å². The molecule has 1 amide bonds. The Labute approximate surface area is 157 Å². The van der Waals surface area contributed by atoms with Gasteiger partial charge in [-0.25, -0.2) is 0 Å². The normalized spacial score (nSPS) is 25.6. The Hall–Kier alpha value is -1.73. The van der Waals surface area contributed by atoms with Crippen LogP contribution in [-0.4, -0.2) is 44.7 Å². The van der Waals surface area contributed by atoms with Crippen molar-refractivity contribution >= 4 is 17.2 Å². The molecule has 2 atom stereocenters. The van der Waals surface area contributed by atoms with Gasteiger partial charge in [-0.3, -0.25) is 9.69 Å². The van der Waals surface area contributed by atoms with Crippen LogP contribution in [0.3, 0.4) is 0 Å². The standard InChI is InChI=1S/C19H25N5OS/c1-12-5-6-16(26-12)11-23-8-13-7-17-21-22-18(24(17)10-14(13)9-23)19(25)20-15-3-2-4-15/h5-6,13-15H,2-4,7-11H2,1H3,(H,20,25)/t13-,14+/m0/s1. The van der Waals surface area contributed by atoms with Crippen LogP contribution < -0.4 is 5.32 Å². The second-order valence-electron chi connectivity index (χ2n) is 8.08. The molecule has 1 saturated heterocycles. The average molecular weight is 372 g/mol. The highest BCUT2D eigenvalue weighted by Crippen LogP contribution is 2.34. The number of amides is 1. The maximum atomic E-state index is 12.5. The van der Waals surface area contributed by atoms with Gasteiger partial charge >= 0.3 is 0 Å². The van der Waals surface area contributed by atoms with Crippen LogP contribution in [-0.2, 0) is 19.5 Å². The summed E-state index contributed by atoms with van der Waals surface area (Å²) in [5, 5.41) is 11.7. The molecule has 26 heavy (non-hydrogen) atoms. The second kappa shape index (κ2) is 6.46. The molecule has 1 N–H and O–H groups in total. The molecule has 0 spiro atoms. The van der Waals surface area contributed by atoms with Gasteiger partial charge in [0.15, 0.2) is 0 Å². The summed E-state index contributed by atoms with van der Waals surface area (Å²) in [4.78, 5) is 17.9. The number of aromatic nitrogens is 3. The van der Waals surface area contributed by atoms with Crippen molar-refractivity contribution in [1.82, 2.24) is 25.0 Å². The molecule has 7 heteroatoms. The Morgan fingerprint density at radius 2 is 2.08 bits per heavy atom. The molecule has 138 valence electrons. The lowest BCUT2D eigenvalue weighted by Crippen LogP contribution is -2.41. The van der Waals surface area contributed by atoms with Gasteiger partial charge < -0.3 is 9.88 Å². The van der Waals surface area contributed by atoms with Crippen LogP contribution in [0.4, 0.5) is 0 Å². The average Bonchev–Trinajstić information content (AvgIpc) is 3.26. The minimum Gasteiger partial charge on any atom is -0.347 e. The van der Waals surface area contributed by atoms with E-state index < -0.39 is 0 Å². The molecule has 4 heterocycles. The highest BCUT2D eigenvalue weighted by atomic mass is 32.1. The number of nitrogens with zero attached hydrogens (tertiary/aromatic N) is 4. The molecular weight excluding hydrogens is 346 g/mol. The van der Waals surface area contributed by atoms with E-state index in [1.807, 2.05) is 11.3 Å². The lowest BCUT2D eigenvalue weighted by molar-refractivity contribution is 0.0898. The first-order valence-electron chi connectivity index (χ1n) is 9.66. The number of thiophene rings is 1. The summed E-state index contributed by atoms with van der Waals surface area (Å²) < 4.78 is 2.08. The number of nitrogens with one attached hydrogen (secondary N) is 1. The van der Waals surface area contributed by atoms with Crippen LogP contribution in [0, 0.1) is 18.8 Å². The third kappa shape index (κ3) is 2.97. The molecule has 0 aromatic carbocycles. The molecule has 2 aromatic rings. The summed E-state index contributed by atoms with van der Waals surface area (Å²) >= 11 is 1.89. The van der Waals surface area contributed by atoms with Gasteiger partial charge in [0.25, 0.3) is 5.91 Å². The van der Waals surface area contributed by atoms with Gasteiger partial charge in [-0.15, -0.1) is 21.5 Å². The molecule has 1 aliphatic carbocycles. The van der Waals surface area contributed by atoms with Gasteiger partial charge in [0.05, 0.1) is 0 Å². The van der Waals surface area contributed by atoms with E-state index in [1.165, 1.54) is 16.2 Å². The van der Waals surface area contributed by atoms with Gasteiger partial charge in [0, 0.05) is 48.4 Å². The van der Waals surface area contributed by atoms with Crippen LogP contribution >= 0.6 is 11.3 Å². The highest BCUT2D eigenvalue weighted by molar-refractivity contribution is 7.11. The largest absolute Gasteiger partial charge is 0.347 e. The molecule has 6 nitrogen and oxygen atoms in total. The van der Waals surface area contributed by atoms with E-state index in [1.54, 1.807) is 0 Å². The fourth-order valence-corrected chi connectivity index (χ4v) is 5.44. The van der Waals surface area contributed by atoms with Crippen molar-refractivity contribution in [2.24, 2.45) is 11.8 Å². The summed E-state index contributed by atoms with van der Waals surface area (Å²) in [6, 6.07) is 4.79. The number of rotatable bonds is 4. The number of hydrogen-bond acceptors (Lipinski definition) is 5. The van der Waals surface area contributed by atoms with Crippen LogP contribution in [0.1, 0.15) is 45.5 Å². The lowest BCUT2D eigenvalue weighted by Gasteiger charge is -2.28. The number of carbonyl (C=O) groups excluding carboxylic acids is 1. The Morgan fingerprint density at radius 3 is 2.81 bits per heavy atom. The first kappa shape index (κ1) is 16.4. The molecule has 5 rings (SSSR count). The maximum absolute atomic E-state index is 12.5. The molecule has 3 aliphatic rings. The molecule has 2 aromatic heterocycles. The zero-order valence-corrected chi connectivity index (χ0v) is 16.0. The molecule has 0 radical (unpaired) electrons. The zero-order chi connectivity index (χ0) is 17.7. The Balaban J connectivity index is 1.27. The van der Waals surface area contributed by atoms with E-state index >= 15 is 0 Å². The maximum Gasteiger partial charge on any atom is 0.289 e. The number of fused-ring (bicyclic) bond motifs is 2. The third-order valence-corrected chi connectivity index (χ3v) is 7.15. The minimum atomic E-state index is -0.0455. The highest BCUT2D eigenvalue weighted by Gasteiger charge is 2.39. The number of aryl methyl sites for hydroxylation is 1. The van der Waals surface area contributed by atoms with Gasteiger partial charge in [-0.05, 0) is 50.2 Å². The van der Waals surface area contributed by atoms with E-state index in [0.29, 0.717) is 23.7 Å². The Morgan fingerprint density at radius 1 is 1.23 bits per heavy atom. The predicted molar refractivity (Wildman–Crippen MR) is 100 cm³/mol. The molecular formula is C19H25N5OS. The zero-order valence-electron chi connectivity index (χ0n) is 15.1. The van der Waals surface area contributed by atoms with E-state index in [2.05, 4.69) is 44.0 Å². The Bertz CT molecular complexity index is 824. The number of likely N-dealkylation sites (tertiary alicyclic amines) is 1. The van der Waals surface area contributed by atoms with E-state index in [-0.39, 0.29) is 5.91 Å². The van der Waals surface area contributed by atoms with E-state index in [0.717, 1.165) is 51.3 Å². The molecule has 0 unspecified atom stereocenters. The molecule has 2 aliphatic heterocycles. The smallest absolute Gasteiger partial charge is 0.289 e. The molecule has 0 bridgehead atoms. The van der Waals surface area contributed by atoms with Crippen molar-refractivity contribution in [3.63, 3.8) is 0 Å². The van der Waals surface area contributed by atoms with E-state index in [9.17, 15) is 4.79 Å². The summed E-state index contributed by atoms with van der Waals surface area (Å²) in [6.07, 6.45) is 4.34. The number of carbonyl (C=O) groups is 1. The summed E-state index contributed by atoms with van der Waals surface area (Å²) in [7, 11) is 0. The first-order chi connectivity index (χ1) is 12.7. The topological polar surface area (TPSA) is 63.1 Å². The van der Waals surface area contributed by atoms with E-state index in [4.69, 9.17) is 0 Å². The van der Waals surface area contributed by atoms with Crippen LogP contribution in [0.2, 0.25) is 0 Å². The van der Waals surface area contributed by atoms with Crippen molar-refractivity contribution in [1.29, 1.82) is 0 Å². The summed E-state index contributed by atoms with van der Waals surface area (Å²) in [5.41, 5.74) is 0. The first-order valence-corrected chi connectivity index (χ1v) is 10.5. The molecule has 1 saturated carbocycles. The fourth-order valence-electron chi connectivity index (χ4n) is 4.51. The fraction of sp³-hybridized carbons (Fsp3) is 0.632. The van der Waals surface area contributed by atoms with Crippen molar-refractivity contribution in [3.8, 4) is 0 Å². The Kier molecular flexibility index (Phi) is 4.09. The summed E-state index contributed by atoms with van der Waals surface area (Å²) in [6.45, 7) is 6.31. The SMILES string of the molecule is Cc1ccc(CN2C[C@@H]3Cn4c(nnc4C(=O)NC4CCC4)C[C@H]3C2)s1. The number of hydrogen-bond donors (Lipinski definition) is 1.